The summed E-state index contributed by atoms with van der Waals surface area (Å²) in [6.07, 6.45) is 6.92. The summed E-state index contributed by atoms with van der Waals surface area (Å²) in [7, 11) is 0. The topological polar surface area (TPSA) is 42.7 Å². The summed E-state index contributed by atoms with van der Waals surface area (Å²) in [4.78, 5) is 4.17. The van der Waals surface area contributed by atoms with Crippen LogP contribution >= 0.6 is 15.9 Å². The summed E-state index contributed by atoms with van der Waals surface area (Å²) < 4.78 is 2.97. The van der Waals surface area contributed by atoms with Gasteiger partial charge in [0.05, 0.1) is 12.2 Å². The first kappa shape index (κ1) is 14.2. The number of pyridine rings is 1. The maximum atomic E-state index is 4.55. The van der Waals surface area contributed by atoms with E-state index in [0.717, 1.165) is 41.8 Å². The highest BCUT2D eigenvalue weighted by molar-refractivity contribution is 9.10. The van der Waals surface area contributed by atoms with Gasteiger partial charge in [0.15, 0.2) is 0 Å². The van der Waals surface area contributed by atoms with Crippen LogP contribution in [-0.2, 0) is 13.1 Å². The summed E-state index contributed by atoms with van der Waals surface area (Å²) in [5.41, 5.74) is 3.49. The number of halogens is 1. The zero-order chi connectivity index (χ0) is 13.7. The molecule has 0 saturated carbocycles. The molecule has 2 aromatic rings. The van der Waals surface area contributed by atoms with Crippen molar-refractivity contribution in [2.24, 2.45) is 0 Å². The molecule has 0 spiro atoms. The van der Waals surface area contributed by atoms with Gasteiger partial charge in [-0.05, 0) is 47.4 Å². The minimum absolute atomic E-state index is 0.751. The standard InChI is InChI=1S/C14H19BrN4/c1-3-4-16-7-13-10-19(18-11(13)2)9-12-5-14(15)8-17-6-12/h5-6,8,10,16H,3-4,7,9H2,1-2H3. The molecule has 0 aliphatic carbocycles. The largest absolute Gasteiger partial charge is 0.313 e. The highest BCUT2D eigenvalue weighted by Crippen LogP contribution is 2.12. The molecular formula is C14H19BrN4. The number of nitrogens with one attached hydrogen (secondary N) is 1. The second-order valence-electron chi connectivity index (χ2n) is 4.63. The first-order valence-electron chi connectivity index (χ1n) is 6.52. The third-order valence-electron chi connectivity index (χ3n) is 2.90. The molecule has 0 amide bonds. The molecule has 102 valence electrons. The van der Waals surface area contributed by atoms with Crippen molar-refractivity contribution in [2.45, 2.75) is 33.4 Å². The van der Waals surface area contributed by atoms with Gasteiger partial charge in [-0.25, -0.2) is 0 Å². The summed E-state index contributed by atoms with van der Waals surface area (Å²) in [6, 6.07) is 2.07. The van der Waals surface area contributed by atoms with E-state index in [9.17, 15) is 0 Å². The van der Waals surface area contributed by atoms with Crippen LogP contribution in [0, 0.1) is 6.92 Å². The van der Waals surface area contributed by atoms with E-state index in [1.807, 2.05) is 10.9 Å². The van der Waals surface area contributed by atoms with Crippen LogP contribution in [0.25, 0.3) is 0 Å². The second-order valence-corrected chi connectivity index (χ2v) is 5.54. The van der Waals surface area contributed by atoms with Crippen molar-refractivity contribution in [3.05, 3.63) is 46.0 Å². The van der Waals surface area contributed by atoms with Crippen molar-refractivity contribution in [1.29, 1.82) is 0 Å². The zero-order valence-electron chi connectivity index (χ0n) is 11.4. The van der Waals surface area contributed by atoms with Crippen molar-refractivity contribution >= 4 is 15.9 Å². The van der Waals surface area contributed by atoms with Crippen LogP contribution in [-0.4, -0.2) is 21.3 Å². The molecule has 4 nitrogen and oxygen atoms in total. The van der Waals surface area contributed by atoms with Crippen molar-refractivity contribution in [2.75, 3.05) is 6.54 Å². The van der Waals surface area contributed by atoms with Gasteiger partial charge in [-0.2, -0.15) is 5.10 Å². The molecule has 2 rings (SSSR count). The van der Waals surface area contributed by atoms with Gasteiger partial charge in [0.1, 0.15) is 0 Å². The third-order valence-corrected chi connectivity index (χ3v) is 3.33. The maximum absolute atomic E-state index is 4.55. The molecule has 2 heterocycles. The third kappa shape index (κ3) is 4.14. The van der Waals surface area contributed by atoms with Crippen LogP contribution in [0.1, 0.15) is 30.2 Å². The van der Waals surface area contributed by atoms with Gasteiger partial charge in [-0.15, -0.1) is 0 Å². The molecule has 2 aromatic heterocycles. The van der Waals surface area contributed by atoms with E-state index < -0.39 is 0 Å². The van der Waals surface area contributed by atoms with E-state index in [1.165, 1.54) is 5.56 Å². The summed E-state index contributed by atoms with van der Waals surface area (Å²) in [6.45, 7) is 6.90. The minimum atomic E-state index is 0.751. The molecule has 1 N–H and O–H groups in total. The summed E-state index contributed by atoms with van der Waals surface area (Å²) in [5, 5.41) is 7.95. The molecule has 0 saturated heterocycles. The predicted octanol–water partition coefficient (Wildman–Crippen LogP) is 2.90. The smallest absolute Gasteiger partial charge is 0.0674 e. The van der Waals surface area contributed by atoms with E-state index in [-0.39, 0.29) is 0 Å². The van der Waals surface area contributed by atoms with Crippen molar-refractivity contribution < 1.29 is 0 Å². The number of aromatic nitrogens is 3. The Morgan fingerprint density at radius 3 is 2.95 bits per heavy atom. The molecule has 0 aromatic carbocycles. The normalized spacial score (nSPS) is 10.9. The molecule has 0 bridgehead atoms. The van der Waals surface area contributed by atoms with Gasteiger partial charge < -0.3 is 5.32 Å². The Morgan fingerprint density at radius 2 is 2.21 bits per heavy atom. The molecule has 0 aliphatic heterocycles. The highest BCUT2D eigenvalue weighted by Gasteiger charge is 2.05. The lowest BCUT2D eigenvalue weighted by molar-refractivity contribution is 0.668. The van der Waals surface area contributed by atoms with E-state index in [4.69, 9.17) is 0 Å². The average molecular weight is 323 g/mol. The first-order valence-corrected chi connectivity index (χ1v) is 7.31. The Morgan fingerprint density at radius 1 is 1.37 bits per heavy atom. The molecule has 19 heavy (non-hydrogen) atoms. The quantitative estimate of drug-likeness (QED) is 0.831. The number of hydrogen-bond donors (Lipinski definition) is 1. The molecule has 0 atom stereocenters. The second kappa shape index (κ2) is 6.82. The van der Waals surface area contributed by atoms with Crippen LogP contribution < -0.4 is 5.32 Å². The molecule has 0 unspecified atom stereocenters. The lowest BCUT2D eigenvalue weighted by Gasteiger charge is -2.02. The van der Waals surface area contributed by atoms with Crippen LogP contribution in [0.4, 0.5) is 0 Å². The SMILES string of the molecule is CCCNCc1cn(Cc2cncc(Br)c2)nc1C. The van der Waals surface area contributed by atoms with E-state index >= 15 is 0 Å². The first-order chi connectivity index (χ1) is 9.19. The maximum Gasteiger partial charge on any atom is 0.0674 e. The van der Waals surface area contributed by atoms with E-state index in [2.05, 4.69) is 57.4 Å². The monoisotopic (exact) mass is 322 g/mol. The fraction of sp³-hybridized carbons (Fsp3) is 0.429. The number of hydrogen-bond acceptors (Lipinski definition) is 3. The minimum Gasteiger partial charge on any atom is -0.313 e. The fourth-order valence-corrected chi connectivity index (χ4v) is 2.36. The Balaban J connectivity index is 2.03. The number of nitrogens with zero attached hydrogens (tertiary/aromatic N) is 3. The Hall–Kier alpha value is -1.20. The molecule has 0 fully saturated rings. The van der Waals surface area contributed by atoms with Gasteiger partial charge in [0, 0.05) is 35.2 Å². The van der Waals surface area contributed by atoms with Crippen LogP contribution in [0.15, 0.2) is 29.1 Å². The van der Waals surface area contributed by atoms with Crippen molar-refractivity contribution in [3.8, 4) is 0 Å². The van der Waals surface area contributed by atoms with Gasteiger partial charge in [-0.3, -0.25) is 9.67 Å². The number of aryl methyl sites for hydroxylation is 1. The molecule has 0 aliphatic rings. The van der Waals surface area contributed by atoms with Gasteiger partial charge in [0.25, 0.3) is 0 Å². The lowest BCUT2D eigenvalue weighted by Crippen LogP contribution is -2.13. The average Bonchev–Trinajstić information content (AvgIpc) is 2.70. The summed E-state index contributed by atoms with van der Waals surface area (Å²) in [5.74, 6) is 0. The van der Waals surface area contributed by atoms with E-state index in [1.54, 1.807) is 6.20 Å². The number of rotatable bonds is 6. The van der Waals surface area contributed by atoms with Crippen molar-refractivity contribution in [1.82, 2.24) is 20.1 Å². The van der Waals surface area contributed by atoms with Gasteiger partial charge >= 0.3 is 0 Å². The Bertz CT molecular complexity index is 536. The molecule has 5 heteroatoms. The predicted molar refractivity (Wildman–Crippen MR) is 80.0 cm³/mol. The van der Waals surface area contributed by atoms with Gasteiger partial charge in [-0.1, -0.05) is 6.92 Å². The van der Waals surface area contributed by atoms with Gasteiger partial charge in [0.2, 0.25) is 0 Å². The van der Waals surface area contributed by atoms with Crippen LogP contribution in [0.5, 0.6) is 0 Å². The van der Waals surface area contributed by atoms with Crippen LogP contribution in [0.2, 0.25) is 0 Å². The van der Waals surface area contributed by atoms with Crippen LogP contribution in [0.3, 0.4) is 0 Å². The molecular weight excluding hydrogens is 304 g/mol. The Labute approximate surface area is 122 Å². The summed E-state index contributed by atoms with van der Waals surface area (Å²) >= 11 is 3.44. The Kier molecular flexibility index (Phi) is 5.10. The molecule has 0 radical (unpaired) electrons. The van der Waals surface area contributed by atoms with E-state index in [0.29, 0.717) is 0 Å². The van der Waals surface area contributed by atoms with Crippen molar-refractivity contribution in [3.63, 3.8) is 0 Å². The highest BCUT2D eigenvalue weighted by atomic mass is 79.9. The fourth-order valence-electron chi connectivity index (χ4n) is 1.94. The zero-order valence-corrected chi connectivity index (χ0v) is 12.9. The lowest BCUT2D eigenvalue weighted by atomic mass is 10.2.